The number of sulfonamides is 1. The smallest absolute Gasteiger partial charge is 0.341 e. The first-order valence-corrected chi connectivity index (χ1v) is 12.0. The predicted molar refractivity (Wildman–Crippen MR) is 118 cm³/mol. The van der Waals surface area contributed by atoms with Crippen molar-refractivity contribution in [2.75, 3.05) is 13.1 Å². The van der Waals surface area contributed by atoms with E-state index >= 15 is 0 Å². The number of halogens is 3. The Hall–Kier alpha value is -3.12. The van der Waals surface area contributed by atoms with Crippen LogP contribution in [0.15, 0.2) is 52.2 Å². The topological polar surface area (TPSA) is 93.4 Å². The summed E-state index contributed by atoms with van der Waals surface area (Å²) >= 11 is 0. The molecule has 0 spiro atoms. The molecule has 8 nitrogen and oxygen atoms in total. The second-order valence-electron chi connectivity index (χ2n) is 8.29. The lowest BCUT2D eigenvalue weighted by atomic mass is 10.0. The number of amides is 1. The maximum atomic E-state index is 13.3. The Morgan fingerprint density at radius 2 is 1.74 bits per heavy atom. The number of fused-ring (bicyclic) bond motifs is 1. The van der Waals surface area contributed by atoms with Crippen LogP contribution in [0.5, 0.6) is 0 Å². The third-order valence-corrected chi connectivity index (χ3v) is 7.51. The van der Waals surface area contributed by atoms with E-state index in [0.717, 1.165) is 12.1 Å². The van der Waals surface area contributed by atoms with Crippen LogP contribution in [-0.2, 0) is 35.1 Å². The number of aryl methyl sites for hydroxylation is 2. The highest BCUT2D eigenvalue weighted by Gasteiger charge is 2.33. The summed E-state index contributed by atoms with van der Waals surface area (Å²) in [7, 11) is -1.14. The zero-order valence-corrected chi connectivity index (χ0v) is 19.3. The van der Waals surface area contributed by atoms with E-state index < -0.39 is 27.8 Å². The molecule has 1 aromatic heterocycles. The van der Waals surface area contributed by atoms with E-state index in [0.29, 0.717) is 30.4 Å². The SMILES string of the molecule is Cn1c(=O)n(C)c2cc(S(=O)(=O)NC(CN3CCCC3=O)c3cccc(C(F)(F)F)c3)ccc21. The molecule has 1 fully saturated rings. The fraction of sp³-hybridized carbons (Fsp3) is 0.364. The summed E-state index contributed by atoms with van der Waals surface area (Å²) in [6.45, 7) is 0.291. The third kappa shape index (κ3) is 4.47. The van der Waals surface area contributed by atoms with Gasteiger partial charge in [-0.2, -0.15) is 13.2 Å². The number of alkyl halides is 3. The molecule has 3 aromatic rings. The van der Waals surface area contributed by atoms with Gasteiger partial charge in [0.15, 0.2) is 0 Å². The Balaban J connectivity index is 1.73. The van der Waals surface area contributed by atoms with Gasteiger partial charge in [-0.05, 0) is 42.3 Å². The Morgan fingerprint density at radius 1 is 1.03 bits per heavy atom. The van der Waals surface area contributed by atoms with Gasteiger partial charge in [0, 0.05) is 33.6 Å². The van der Waals surface area contributed by atoms with Crippen LogP contribution < -0.4 is 10.4 Å². The molecular weight excluding hydrogens is 473 g/mol. The largest absolute Gasteiger partial charge is 0.416 e. The minimum atomic E-state index is -4.61. The molecule has 1 unspecified atom stereocenters. The van der Waals surface area contributed by atoms with Gasteiger partial charge in [-0.25, -0.2) is 17.9 Å². The van der Waals surface area contributed by atoms with Crippen molar-refractivity contribution in [2.45, 2.75) is 30.0 Å². The summed E-state index contributed by atoms with van der Waals surface area (Å²) in [5.74, 6) is -0.183. The monoisotopic (exact) mass is 496 g/mol. The number of hydrogen-bond acceptors (Lipinski definition) is 4. The maximum absolute atomic E-state index is 13.3. The lowest BCUT2D eigenvalue weighted by Crippen LogP contribution is -2.38. The van der Waals surface area contributed by atoms with E-state index in [9.17, 15) is 31.2 Å². The Morgan fingerprint density at radius 3 is 2.38 bits per heavy atom. The molecule has 1 saturated heterocycles. The molecule has 1 aliphatic rings. The van der Waals surface area contributed by atoms with E-state index in [4.69, 9.17) is 0 Å². The Kier molecular flexibility index (Phi) is 6.06. The van der Waals surface area contributed by atoms with Crippen molar-refractivity contribution >= 4 is 27.0 Å². The second kappa shape index (κ2) is 8.58. The first kappa shape index (κ1) is 24.0. The quantitative estimate of drug-likeness (QED) is 0.568. The number of carbonyl (C=O) groups excluding carboxylic acids is 1. The second-order valence-corrected chi connectivity index (χ2v) is 10.0. The number of likely N-dealkylation sites (tertiary alicyclic amines) is 1. The van der Waals surface area contributed by atoms with E-state index in [2.05, 4.69) is 4.72 Å². The molecule has 2 aromatic carbocycles. The van der Waals surface area contributed by atoms with Gasteiger partial charge in [0.25, 0.3) is 0 Å². The van der Waals surface area contributed by atoms with Crippen LogP contribution in [0.3, 0.4) is 0 Å². The molecule has 1 amide bonds. The number of hydrogen-bond donors (Lipinski definition) is 1. The van der Waals surface area contributed by atoms with Gasteiger partial charge in [0.1, 0.15) is 0 Å². The number of aromatic nitrogens is 2. The average Bonchev–Trinajstić information content (AvgIpc) is 3.28. The first-order valence-electron chi connectivity index (χ1n) is 10.5. The van der Waals surface area contributed by atoms with Crippen LogP contribution in [0.2, 0.25) is 0 Å². The van der Waals surface area contributed by atoms with Crippen LogP contribution in [0.25, 0.3) is 11.0 Å². The van der Waals surface area contributed by atoms with E-state index in [1.54, 1.807) is 7.05 Å². The minimum absolute atomic E-state index is 0.0892. The molecule has 0 saturated carbocycles. The maximum Gasteiger partial charge on any atom is 0.416 e. The van der Waals surface area contributed by atoms with Crippen LogP contribution in [0.4, 0.5) is 13.2 Å². The van der Waals surface area contributed by atoms with E-state index in [1.165, 1.54) is 51.4 Å². The van der Waals surface area contributed by atoms with Crippen molar-refractivity contribution in [3.05, 3.63) is 64.1 Å². The number of imidazole rings is 1. The summed E-state index contributed by atoms with van der Waals surface area (Å²) in [4.78, 5) is 25.6. The molecule has 182 valence electrons. The zero-order chi connectivity index (χ0) is 24.8. The van der Waals surface area contributed by atoms with Crippen molar-refractivity contribution in [3.8, 4) is 0 Å². The summed E-state index contributed by atoms with van der Waals surface area (Å²) in [5, 5.41) is 0. The minimum Gasteiger partial charge on any atom is -0.341 e. The standard InChI is InChI=1S/C22H23F3N4O4S/c1-27-18-9-8-16(12-19(18)28(2)21(27)31)34(32,33)26-17(13-29-10-4-7-20(29)30)14-5-3-6-15(11-14)22(23,24)25/h3,5-6,8-9,11-12,17,26H,4,7,10,13H2,1-2H3. The van der Waals surface area contributed by atoms with Gasteiger partial charge >= 0.3 is 11.9 Å². The van der Waals surface area contributed by atoms with Crippen molar-refractivity contribution < 1.29 is 26.4 Å². The van der Waals surface area contributed by atoms with Crippen molar-refractivity contribution in [3.63, 3.8) is 0 Å². The van der Waals surface area contributed by atoms with Crippen LogP contribution in [0.1, 0.15) is 30.0 Å². The molecule has 12 heteroatoms. The normalized spacial score (nSPS) is 15.9. The molecule has 1 N–H and O–H groups in total. The van der Waals surface area contributed by atoms with Crippen LogP contribution in [0, 0.1) is 0 Å². The van der Waals surface area contributed by atoms with Gasteiger partial charge in [0.05, 0.1) is 27.5 Å². The molecule has 34 heavy (non-hydrogen) atoms. The number of rotatable bonds is 6. The predicted octanol–water partition coefficient (Wildman–Crippen LogP) is 2.54. The number of nitrogens with one attached hydrogen (secondary N) is 1. The summed E-state index contributed by atoms with van der Waals surface area (Å²) in [5.41, 5.74) is -0.231. The summed E-state index contributed by atoms with van der Waals surface area (Å²) in [6.07, 6.45) is -3.70. The molecule has 2 heterocycles. The average molecular weight is 497 g/mol. The van der Waals surface area contributed by atoms with E-state index in [-0.39, 0.29) is 28.6 Å². The highest BCUT2D eigenvalue weighted by atomic mass is 32.2. The highest BCUT2D eigenvalue weighted by molar-refractivity contribution is 7.89. The number of benzene rings is 2. The van der Waals surface area contributed by atoms with Crippen molar-refractivity contribution in [1.29, 1.82) is 0 Å². The van der Waals surface area contributed by atoms with Crippen molar-refractivity contribution in [1.82, 2.24) is 18.8 Å². The lowest BCUT2D eigenvalue weighted by molar-refractivity contribution is -0.137. The summed E-state index contributed by atoms with van der Waals surface area (Å²) in [6, 6.07) is 7.44. The Bertz CT molecular complexity index is 1430. The van der Waals surface area contributed by atoms with Gasteiger partial charge in [-0.3, -0.25) is 13.9 Å². The number of carbonyl (C=O) groups is 1. The number of nitrogens with zero attached hydrogens (tertiary/aromatic N) is 3. The van der Waals surface area contributed by atoms with Gasteiger partial charge < -0.3 is 4.90 Å². The molecule has 1 aliphatic heterocycles. The van der Waals surface area contributed by atoms with Gasteiger partial charge in [-0.15, -0.1) is 0 Å². The first-order chi connectivity index (χ1) is 15.9. The third-order valence-electron chi connectivity index (χ3n) is 6.04. The molecule has 0 bridgehead atoms. The molecular formula is C22H23F3N4O4S. The van der Waals surface area contributed by atoms with E-state index in [1.807, 2.05) is 0 Å². The van der Waals surface area contributed by atoms with Gasteiger partial charge in [-0.1, -0.05) is 12.1 Å². The Labute approximate surface area is 193 Å². The van der Waals surface area contributed by atoms with Crippen molar-refractivity contribution in [2.24, 2.45) is 14.1 Å². The molecule has 4 rings (SSSR count). The van der Waals surface area contributed by atoms with Gasteiger partial charge in [0.2, 0.25) is 15.9 Å². The molecule has 0 radical (unpaired) electrons. The molecule has 0 aliphatic carbocycles. The van der Waals surface area contributed by atoms with Crippen LogP contribution >= 0.6 is 0 Å². The highest BCUT2D eigenvalue weighted by Crippen LogP contribution is 2.32. The fourth-order valence-corrected chi connectivity index (χ4v) is 5.40. The molecule has 1 atom stereocenters. The zero-order valence-electron chi connectivity index (χ0n) is 18.5. The lowest BCUT2D eigenvalue weighted by Gasteiger charge is -2.25. The van der Waals surface area contributed by atoms with Crippen LogP contribution in [-0.4, -0.2) is 41.4 Å². The fourth-order valence-electron chi connectivity index (χ4n) is 4.17. The summed E-state index contributed by atoms with van der Waals surface area (Å²) < 4.78 is 71.6.